The van der Waals surface area contributed by atoms with Crippen molar-refractivity contribution in [1.82, 2.24) is 20.6 Å². The summed E-state index contributed by atoms with van der Waals surface area (Å²) in [7, 11) is 0. The lowest BCUT2D eigenvalue weighted by molar-refractivity contribution is -0.160. The van der Waals surface area contributed by atoms with E-state index in [-0.39, 0.29) is 23.4 Å². The summed E-state index contributed by atoms with van der Waals surface area (Å²) in [5, 5.41) is 5.66. The molecule has 1 saturated carbocycles. The van der Waals surface area contributed by atoms with E-state index < -0.39 is 29.6 Å². The molecule has 1 aromatic rings. The molecule has 0 aromatic carbocycles. The molecule has 1 aliphatic carbocycles. The van der Waals surface area contributed by atoms with Gasteiger partial charge in [0.2, 0.25) is 5.91 Å². The molecule has 8 heteroatoms. The summed E-state index contributed by atoms with van der Waals surface area (Å²) in [6.07, 6.45) is 9.11. The van der Waals surface area contributed by atoms with Crippen LogP contribution in [-0.4, -0.2) is 45.4 Å². The molecule has 30 heavy (non-hydrogen) atoms. The average molecular weight is 419 g/mol. The normalized spacial score (nSPS) is 17.1. The van der Waals surface area contributed by atoms with Gasteiger partial charge in [-0.15, -0.1) is 0 Å². The van der Waals surface area contributed by atoms with Gasteiger partial charge in [0.25, 0.3) is 5.91 Å². The van der Waals surface area contributed by atoms with E-state index in [1.807, 2.05) is 13.8 Å². The molecule has 2 N–H and O–H groups in total. The Bertz CT molecular complexity index is 724. The molecular formula is C22H34N4O4. The lowest BCUT2D eigenvalue weighted by Crippen LogP contribution is -2.56. The fourth-order valence-electron chi connectivity index (χ4n) is 3.60. The summed E-state index contributed by atoms with van der Waals surface area (Å²) in [4.78, 5) is 46.4. The summed E-state index contributed by atoms with van der Waals surface area (Å²) >= 11 is 0. The molecule has 1 aliphatic rings. The molecule has 0 spiro atoms. The third kappa shape index (κ3) is 7.07. The average Bonchev–Trinajstić information content (AvgIpc) is 2.69. The topological polar surface area (TPSA) is 110 Å². The number of amides is 2. The van der Waals surface area contributed by atoms with Gasteiger partial charge in [-0.05, 0) is 45.4 Å². The maximum Gasteiger partial charge on any atom is 0.329 e. The number of carbonyl (C=O) groups is 3. The second-order valence-electron chi connectivity index (χ2n) is 9.20. The highest BCUT2D eigenvalue weighted by molar-refractivity contribution is 5.96. The van der Waals surface area contributed by atoms with Crippen molar-refractivity contribution >= 4 is 17.8 Å². The monoisotopic (exact) mass is 418 g/mol. The van der Waals surface area contributed by atoms with Gasteiger partial charge < -0.3 is 15.4 Å². The fraction of sp³-hybridized carbons (Fsp3) is 0.682. The first-order valence-corrected chi connectivity index (χ1v) is 10.7. The van der Waals surface area contributed by atoms with E-state index in [4.69, 9.17) is 4.74 Å². The number of nitrogens with zero attached hydrogens (tertiary/aromatic N) is 2. The molecule has 0 aliphatic heterocycles. The first kappa shape index (κ1) is 23.8. The highest BCUT2D eigenvalue weighted by Crippen LogP contribution is 2.27. The number of aromatic nitrogens is 2. The van der Waals surface area contributed by atoms with Crippen LogP contribution >= 0.6 is 0 Å². The van der Waals surface area contributed by atoms with Crippen molar-refractivity contribution in [3.05, 3.63) is 24.3 Å². The standard InChI is InChI=1S/C22H34N4O4/c1-14(2)17(21(29)30-22(3,4)5)25-20(28)18(15-9-7-6-8-10-15)26-19(27)16-13-23-11-12-24-16/h11-15,17-18H,6-10H2,1-5H3,(H,25,28)(H,26,27). The van der Waals surface area contributed by atoms with Gasteiger partial charge in [-0.1, -0.05) is 33.1 Å². The van der Waals surface area contributed by atoms with Crippen molar-refractivity contribution in [3.8, 4) is 0 Å². The number of nitrogens with one attached hydrogen (secondary N) is 2. The van der Waals surface area contributed by atoms with Gasteiger partial charge in [-0.25, -0.2) is 9.78 Å². The Morgan fingerprint density at radius 1 is 1.07 bits per heavy atom. The molecule has 0 bridgehead atoms. The molecule has 1 fully saturated rings. The predicted molar refractivity (Wildman–Crippen MR) is 112 cm³/mol. The van der Waals surface area contributed by atoms with Crippen LogP contribution in [0.2, 0.25) is 0 Å². The Labute approximate surface area is 178 Å². The SMILES string of the molecule is CC(C)C(NC(=O)C(NC(=O)c1cnccn1)C1CCCCC1)C(=O)OC(C)(C)C. The molecule has 1 heterocycles. The largest absolute Gasteiger partial charge is 0.458 e. The number of carbonyl (C=O) groups excluding carboxylic acids is 3. The van der Waals surface area contributed by atoms with Crippen molar-refractivity contribution in [2.45, 2.75) is 84.4 Å². The van der Waals surface area contributed by atoms with Gasteiger partial charge >= 0.3 is 5.97 Å². The smallest absolute Gasteiger partial charge is 0.329 e. The van der Waals surface area contributed by atoms with Crippen molar-refractivity contribution in [2.24, 2.45) is 11.8 Å². The van der Waals surface area contributed by atoms with Crippen molar-refractivity contribution < 1.29 is 19.1 Å². The second kappa shape index (κ2) is 10.5. The van der Waals surface area contributed by atoms with Gasteiger partial charge in [0.05, 0.1) is 6.20 Å². The minimum Gasteiger partial charge on any atom is -0.458 e. The Hall–Kier alpha value is -2.51. The van der Waals surface area contributed by atoms with E-state index in [1.165, 1.54) is 18.6 Å². The Morgan fingerprint density at radius 3 is 2.27 bits per heavy atom. The maximum atomic E-state index is 13.2. The summed E-state index contributed by atoms with van der Waals surface area (Å²) in [5.41, 5.74) is -0.503. The first-order chi connectivity index (χ1) is 14.1. The van der Waals surface area contributed by atoms with Gasteiger partial charge in [0.1, 0.15) is 23.4 Å². The van der Waals surface area contributed by atoms with Gasteiger partial charge in [-0.3, -0.25) is 14.6 Å². The lowest BCUT2D eigenvalue weighted by Gasteiger charge is -2.32. The van der Waals surface area contributed by atoms with Crippen LogP contribution in [-0.2, 0) is 14.3 Å². The minimum absolute atomic E-state index is 0.00539. The number of ether oxygens (including phenoxy) is 1. The number of rotatable bonds is 7. The Morgan fingerprint density at radius 2 is 1.73 bits per heavy atom. The molecule has 8 nitrogen and oxygen atoms in total. The molecule has 2 unspecified atom stereocenters. The van der Waals surface area contributed by atoms with Crippen LogP contribution in [0.15, 0.2) is 18.6 Å². The molecule has 2 amide bonds. The van der Waals surface area contributed by atoms with Crippen molar-refractivity contribution in [3.63, 3.8) is 0 Å². The van der Waals surface area contributed by atoms with Gasteiger partial charge in [0, 0.05) is 12.4 Å². The predicted octanol–water partition coefficient (Wildman–Crippen LogP) is 2.64. The van der Waals surface area contributed by atoms with E-state index in [9.17, 15) is 14.4 Å². The second-order valence-corrected chi connectivity index (χ2v) is 9.20. The van der Waals surface area contributed by atoms with E-state index in [2.05, 4.69) is 20.6 Å². The highest BCUT2D eigenvalue weighted by Gasteiger charge is 2.36. The summed E-state index contributed by atoms with van der Waals surface area (Å²) in [6.45, 7) is 9.06. The van der Waals surface area contributed by atoms with Crippen LogP contribution in [0, 0.1) is 11.8 Å². The maximum absolute atomic E-state index is 13.2. The van der Waals surface area contributed by atoms with Crippen LogP contribution in [0.25, 0.3) is 0 Å². The molecule has 2 rings (SSSR count). The van der Waals surface area contributed by atoms with Crippen LogP contribution < -0.4 is 10.6 Å². The summed E-state index contributed by atoms with van der Waals surface area (Å²) in [5.74, 6) is -1.46. The van der Waals surface area contributed by atoms with E-state index >= 15 is 0 Å². The van der Waals surface area contributed by atoms with Crippen LogP contribution in [0.5, 0.6) is 0 Å². The molecule has 2 atom stereocenters. The number of esters is 1. The third-order valence-electron chi connectivity index (χ3n) is 5.11. The quantitative estimate of drug-likeness (QED) is 0.659. The molecule has 166 valence electrons. The van der Waals surface area contributed by atoms with E-state index in [0.29, 0.717) is 0 Å². The van der Waals surface area contributed by atoms with Crippen molar-refractivity contribution in [2.75, 3.05) is 0 Å². The Balaban J connectivity index is 2.18. The third-order valence-corrected chi connectivity index (χ3v) is 5.11. The zero-order chi connectivity index (χ0) is 22.3. The zero-order valence-electron chi connectivity index (χ0n) is 18.6. The zero-order valence-corrected chi connectivity index (χ0v) is 18.6. The molecular weight excluding hydrogens is 384 g/mol. The summed E-state index contributed by atoms with van der Waals surface area (Å²) in [6, 6.07) is -1.54. The van der Waals surface area contributed by atoms with E-state index in [1.54, 1.807) is 20.8 Å². The van der Waals surface area contributed by atoms with Crippen LogP contribution in [0.1, 0.15) is 77.2 Å². The highest BCUT2D eigenvalue weighted by atomic mass is 16.6. The molecule has 0 saturated heterocycles. The molecule has 0 radical (unpaired) electrons. The number of hydrogen-bond donors (Lipinski definition) is 2. The fourth-order valence-corrected chi connectivity index (χ4v) is 3.60. The van der Waals surface area contributed by atoms with Crippen LogP contribution in [0.4, 0.5) is 0 Å². The van der Waals surface area contributed by atoms with Crippen molar-refractivity contribution in [1.29, 1.82) is 0 Å². The van der Waals surface area contributed by atoms with Gasteiger partial charge in [0.15, 0.2) is 0 Å². The minimum atomic E-state index is -0.795. The molecule has 1 aromatic heterocycles. The Kier molecular flexibility index (Phi) is 8.32. The van der Waals surface area contributed by atoms with Gasteiger partial charge in [-0.2, -0.15) is 0 Å². The summed E-state index contributed by atoms with van der Waals surface area (Å²) < 4.78 is 5.48. The lowest BCUT2D eigenvalue weighted by atomic mass is 9.83. The van der Waals surface area contributed by atoms with E-state index in [0.717, 1.165) is 32.1 Å². The van der Waals surface area contributed by atoms with Crippen LogP contribution in [0.3, 0.4) is 0 Å². The number of hydrogen-bond acceptors (Lipinski definition) is 6. The first-order valence-electron chi connectivity index (χ1n) is 10.7.